The second-order valence-electron chi connectivity index (χ2n) is 5.15. The maximum absolute atomic E-state index is 12.7. The normalized spacial score (nSPS) is 16.8. The number of carboxylic acid groups (broad SMARTS) is 1. The van der Waals surface area contributed by atoms with Crippen LogP contribution in [0, 0.1) is 0 Å². The molecule has 0 aliphatic carbocycles. The molecule has 0 aromatic heterocycles. The van der Waals surface area contributed by atoms with Gasteiger partial charge in [-0.25, -0.2) is 0 Å². The molecule has 1 unspecified atom stereocenters. The third-order valence-corrected chi connectivity index (χ3v) is 3.70. The Balaban J connectivity index is 1.98. The molecule has 0 fully saturated rings. The van der Waals surface area contributed by atoms with Crippen molar-refractivity contribution in [3.05, 3.63) is 65.7 Å². The van der Waals surface area contributed by atoms with E-state index in [4.69, 9.17) is 5.11 Å². The van der Waals surface area contributed by atoms with Crippen LogP contribution in [0.1, 0.15) is 28.5 Å². The van der Waals surface area contributed by atoms with Gasteiger partial charge in [0, 0.05) is 12.2 Å². The Morgan fingerprint density at radius 2 is 1.77 bits per heavy atom. The first-order valence-corrected chi connectivity index (χ1v) is 7.10. The summed E-state index contributed by atoms with van der Waals surface area (Å²) in [5, 5.41) is 12.3. The van der Waals surface area contributed by atoms with Gasteiger partial charge in [-0.1, -0.05) is 42.5 Å². The first-order chi connectivity index (χ1) is 10.7. The Kier molecular flexibility index (Phi) is 3.78. The zero-order chi connectivity index (χ0) is 15.5. The molecular formula is C17H16N2O3. The summed E-state index contributed by atoms with van der Waals surface area (Å²) in [5.41, 5.74) is 2.27. The van der Waals surface area contributed by atoms with Crippen molar-refractivity contribution in [2.24, 2.45) is 0 Å². The van der Waals surface area contributed by atoms with Crippen molar-refractivity contribution in [2.75, 3.05) is 11.9 Å². The van der Waals surface area contributed by atoms with Gasteiger partial charge in [-0.2, -0.15) is 0 Å². The number of aliphatic carboxylic acids is 1. The monoisotopic (exact) mass is 296 g/mol. The smallest absolute Gasteiger partial charge is 0.305 e. The predicted molar refractivity (Wildman–Crippen MR) is 82.5 cm³/mol. The van der Waals surface area contributed by atoms with Crippen molar-refractivity contribution in [1.82, 2.24) is 4.90 Å². The van der Waals surface area contributed by atoms with E-state index in [1.807, 2.05) is 42.5 Å². The fourth-order valence-electron chi connectivity index (χ4n) is 2.64. The number of carbonyl (C=O) groups is 2. The van der Waals surface area contributed by atoms with Gasteiger partial charge in [0.15, 0.2) is 0 Å². The van der Waals surface area contributed by atoms with Gasteiger partial charge in [-0.05, 0) is 17.7 Å². The maximum Gasteiger partial charge on any atom is 0.305 e. The molecule has 2 aromatic carbocycles. The molecule has 0 bridgehead atoms. The number of hydrogen-bond acceptors (Lipinski definition) is 3. The molecule has 1 atom stereocenters. The molecule has 0 saturated heterocycles. The number of anilines is 1. The van der Waals surface area contributed by atoms with Crippen molar-refractivity contribution < 1.29 is 14.7 Å². The summed E-state index contributed by atoms with van der Waals surface area (Å²) in [6.45, 7) is 0.162. The van der Waals surface area contributed by atoms with E-state index in [0.29, 0.717) is 5.56 Å². The Morgan fingerprint density at radius 3 is 2.50 bits per heavy atom. The second-order valence-corrected chi connectivity index (χ2v) is 5.15. The van der Waals surface area contributed by atoms with Gasteiger partial charge >= 0.3 is 5.97 Å². The molecule has 0 saturated carbocycles. The number of rotatable bonds is 4. The summed E-state index contributed by atoms with van der Waals surface area (Å²) < 4.78 is 0. The topological polar surface area (TPSA) is 69.6 Å². The predicted octanol–water partition coefficient (Wildman–Crippen LogP) is 2.73. The zero-order valence-corrected chi connectivity index (χ0v) is 11.9. The number of hydrogen-bond donors (Lipinski definition) is 2. The summed E-state index contributed by atoms with van der Waals surface area (Å²) in [7, 11) is 0. The van der Waals surface area contributed by atoms with Gasteiger partial charge in [-0.15, -0.1) is 0 Å². The summed E-state index contributed by atoms with van der Waals surface area (Å²) in [6.07, 6.45) is -0.443. The fraction of sp³-hybridized carbons (Fsp3) is 0.176. The number of carbonyl (C=O) groups excluding carboxylic acids is 1. The lowest BCUT2D eigenvalue weighted by Gasteiger charge is -2.38. The Bertz CT molecular complexity index is 700. The quantitative estimate of drug-likeness (QED) is 0.910. The molecule has 3 rings (SSSR count). The van der Waals surface area contributed by atoms with E-state index >= 15 is 0 Å². The molecule has 5 heteroatoms. The van der Waals surface area contributed by atoms with Crippen molar-refractivity contribution in [3.8, 4) is 0 Å². The molecule has 22 heavy (non-hydrogen) atoms. The molecule has 2 aromatic rings. The highest BCUT2D eigenvalue weighted by Gasteiger charge is 2.32. The SMILES string of the molecule is O=C(O)CCN1C(=O)c2ccccc2NC1c1ccccc1. The number of nitrogens with zero attached hydrogens (tertiary/aromatic N) is 1. The third kappa shape index (κ3) is 2.65. The van der Waals surface area contributed by atoms with E-state index < -0.39 is 5.97 Å². The summed E-state index contributed by atoms with van der Waals surface area (Å²) in [4.78, 5) is 25.2. The fourth-order valence-corrected chi connectivity index (χ4v) is 2.64. The highest BCUT2D eigenvalue weighted by molar-refractivity contribution is 6.01. The number of fused-ring (bicyclic) bond motifs is 1. The Hall–Kier alpha value is -2.82. The van der Waals surface area contributed by atoms with E-state index in [0.717, 1.165) is 11.3 Å². The van der Waals surface area contributed by atoms with Crippen LogP contribution in [0.15, 0.2) is 54.6 Å². The number of carboxylic acids is 1. The average Bonchev–Trinajstić information content (AvgIpc) is 2.54. The van der Waals surface area contributed by atoms with E-state index in [2.05, 4.69) is 5.32 Å². The number of nitrogens with one attached hydrogen (secondary N) is 1. The Labute approximate surface area is 128 Å². The van der Waals surface area contributed by atoms with Gasteiger partial charge < -0.3 is 15.3 Å². The lowest BCUT2D eigenvalue weighted by atomic mass is 10.0. The van der Waals surface area contributed by atoms with Crippen LogP contribution in [-0.2, 0) is 4.79 Å². The Morgan fingerprint density at radius 1 is 1.09 bits per heavy atom. The first-order valence-electron chi connectivity index (χ1n) is 7.10. The van der Waals surface area contributed by atoms with Crippen molar-refractivity contribution in [2.45, 2.75) is 12.6 Å². The van der Waals surface area contributed by atoms with Crippen molar-refractivity contribution in [1.29, 1.82) is 0 Å². The van der Waals surface area contributed by atoms with Crippen molar-refractivity contribution in [3.63, 3.8) is 0 Å². The lowest BCUT2D eigenvalue weighted by molar-refractivity contribution is -0.137. The molecular weight excluding hydrogens is 280 g/mol. The third-order valence-electron chi connectivity index (χ3n) is 3.70. The molecule has 0 radical (unpaired) electrons. The van der Waals surface area contributed by atoms with Crippen molar-refractivity contribution >= 4 is 17.6 Å². The summed E-state index contributed by atoms with van der Waals surface area (Å²) in [6, 6.07) is 16.8. The van der Waals surface area contributed by atoms with Crippen LogP contribution in [0.5, 0.6) is 0 Å². The van der Waals surface area contributed by atoms with E-state index in [-0.39, 0.29) is 25.0 Å². The van der Waals surface area contributed by atoms with Crippen LogP contribution in [0.2, 0.25) is 0 Å². The maximum atomic E-state index is 12.7. The molecule has 112 valence electrons. The molecule has 1 heterocycles. The van der Waals surface area contributed by atoms with E-state index in [1.54, 1.807) is 17.0 Å². The molecule has 1 aliphatic heterocycles. The highest BCUT2D eigenvalue weighted by atomic mass is 16.4. The van der Waals surface area contributed by atoms with Crippen LogP contribution in [-0.4, -0.2) is 28.4 Å². The minimum Gasteiger partial charge on any atom is -0.481 e. The molecule has 5 nitrogen and oxygen atoms in total. The minimum absolute atomic E-state index is 0.0844. The van der Waals surface area contributed by atoms with Gasteiger partial charge in [0.05, 0.1) is 12.0 Å². The number of amides is 1. The van der Waals surface area contributed by atoms with E-state index in [1.165, 1.54) is 0 Å². The number of benzene rings is 2. The van der Waals surface area contributed by atoms with Gasteiger partial charge in [-0.3, -0.25) is 9.59 Å². The second kappa shape index (κ2) is 5.89. The summed E-state index contributed by atoms with van der Waals surface area (Å²) >= 11 is 0. The highest BCUT2D eigenvalue weighted by Crippen LogP contribution is 2.32. The average molecular weight is 296 g/mol. The first kappa shape index (κ1) is 14.1. The number of para-hydroxylation sites is 1. The zero-order valence-electron chi connectivity index (χ0n) is 11.9. The van der Waals surface area contributed by atoms with Gasteiger partial charge in [0.1, 0.15) is 6.17 Å². The molecule has 2 N–H and O–H groups in total. The largest absolute Gasteiger partial charge is 0.481 e. The van der Waals surface area contributed by atoms with Gasteiger partial charge in [0.25, 0.3) is 5.91 Å². The van der Waals surface area contributed by atoms with Crippen LogP contribution in [0.3, 0.4) is 0 Å². The standard InChI is InChI=1S/C17H16N2O3/c20-15(21)10-11-19-16(12-6-2-1-3-7-12)18-14-9-5-4-8-13(14)17(19)22/h1-9,16,18H,10-11H2,(H,20,21). The van der Waals surface area contributed by atoms with Crippen LogP contribution < -0.4 is 5.32 Å². The molecule has 1 amide bonds. The van der Waals surface area contributed by atoms with Crippen LogP contribution in [0.25, 0.3) is 0 Å². The van der Waals surface area contributed by atoms with Crippen LogP contribution in [0.4, 0.5) is 5.69 Å². The molecule has 0 spiro atoms. The molecule has 1 aliphatic rings. The summed E-state index contributed by atoms with van der Waals surface area (Å²) in [5.74, 6) is -1.07. The minimum atomic E-state index is -0.918. The van der Waals surface area contributed by atoms with Gasteiger partial charge in [0.2, 0.25) is 0 Å². The van der Waals surface area contributed by atoms with Crippen LogP contribution >= 0.6 is 0 Å². The lowest BCUT2D eigenvalue weighted by Crippen LogP contribution is -2.43. The van der Waals surface area contributed by atoms with E-state index in [9.17, 15) is 9.59 Å².